The number of hydrogen-bond donors (Lipinski definition) is 3. The van der Waals surface area contributed by atoms with Crippen molar-refractivity contribution in [3.63, 3.8) is 0 Å². The second-order valence-corrected chi connectivity index (χ2v) is 8.06. The van der Waals surface area contributed by atoms with E-state index in [1.54, 1.807) is 19.1 Å². The molecule has 0 atom stereocenters. The normalized spacial score (nSPS) is 10.7. The van der Waals surface area contributed by atoms with Crippen LogP contribution in [0.15, 0.2) is 71.8 Å². The highest BCUT2D eigenvalue weighted by molar-refractivity contribution is 6.39. The Morgan fingerprint density at radius 3 is 2.32 bits per heavy atom. The van der Waals surface area contributed by atoms with Crippen LogP contribution < -0.4 is 16.2 Å². The van der Waals surface area contributed by atoms with Crippen molar-refractivity contribution < 1.29 is 9.90 Å². The van der Waals surface area contributed by atoms with Gasteiger partial charge in [0.25, 0.3) is 5.56 Å². The molecule has 2 aromatic heterocycles. The van der Waals surface area contributed by atoms with Crippen molar-refractivity contribution in [3.8, 4) is 28.1 Å². The fraction of sp³-hybridized carbons (Fsp3) is 0.0833. The first kappa shape index (κ1) is 23.3. The summed E-state index contributed by atoms with van der Waals surface area (Å²) in [6, 6.07) is 15.2. The van der Waals surface area contributed by atoms with E-state index in [2.05, 4.69) is 20.7 Å². The maximum Gasteiger partial charge on any atom is 0.323 e. The van der Waals surface area contributed by atoms with Gasteiger partial charge < -0.3 is 15.7 Å². The minimum Gasteiger partial charge on any atom is -0.508 e. The molecule has 0 spiro atoms. The van der Waals surface area contributed by atoms with E-state index in [0.717, 1.165) is 16.7 Å². The van der Waals surface area contributed by atoms with Crippen LogP contribution in [0.1, 0.15) is 6.92 Å². The van der Waals surface area contributed by atoms with Gasteiger partial charge in [0.05, 0.1) is 21.4 Å². The molecule has 34 heavy (non-hydrogen) atoms. The molecule has 4 rings (SSSR count). The zero-order valence-electron chi connectivity index (χ0n) is 17.9. The third-order valence-electron chi connectivity index (χ3n) is 4.97. The highest BCUT2D eigenvalue weighted by Gasteiger charge is 2.15. The molecular weight excluding hydrogens is 477 g/mol. The Morgan fingerprint density at radius 1 is 0.971 bits per heavy atom. The Bertz CT molecular complexity index is 1400. The van der Waals surface area contributed by atoms with Crippen molar-refractivity contribution in [1.82, 2.24) is 14.8 Å². The van der Waals surface area contributed by atoms with Crippen LogP contribution in [0, 0.1) is 0 Å². The van der Waals surface area contributed by atoms with Gasteiger partial charge in [-0.3, -0.25) is 9.78 Å². The number of amides is 2. The van der Waals surface area contributed by atoms with Crippen molar-refractivity contribution >= 4 is 40.6 Å². The fourth-order valence-corrected chi connectivity index (χ4v) is 3.76. The van der Waals surface area contributed by atoms with E-state index in [0.29, 0.717) is 12.2 Å². The van der Waals surface area contributed by atoms with Gasteiger partial charge in [-0.25, -0.2) is 9.48 Å². The van der Waals surface area contributed by atoms with Crippen LogP contribution in [0.5, 0.6) is 5.75 Å². The Kier molecular flexibility index (Phi) is 6.81. The number of aromatic nitrogens is 3. The summed E-state index contributed by atoms with van der Waals surface area (Å²) in [6.07, 6.45) is 2.69. The Morgan fingerprint density at radius 2 is 1.65 bits per heavy atom. The Labute approximate surface area is 204 Å². The summed E-state index contributed by atoms with van der Waals surface area (Å²) in [5.41, 5.74) is 2.83. The quantitative estimate of drug-likeness (QED) is 0.331. The lowest BCUT2D eigenvalue weighted by Gasteiger charge is -2.13. The lowest BCUT2D eigenvalue weighted by Crippen LogP contribution is -2.29. The van der Waals surface area contributed by atoms with Gasteiger partial charge in [0, 0.05) is 24.5 Å². The number of benzene rings is 2. The highest BCUT2D eigenvalue weighted by atomic mass is 35.5. The molecule has 2 aromatic carbocycles. The van der Waals surface area contributed by atoms with Crippen molar-refractivity contribution in [2.45, 2.75) is 13.5 Å². The van der Waals surface area contributed by atoms with Crippen LogP contribution in [0.3, 0.4) is 0 Å². The van der Waals surface area contributed by atoms with Crippen LogP contribution in [-0.2, 0) is 6.54 Å². The summed E-state index contributed by atoms with van der Waals surface area (Å²) in [6.45, 7) is 2.09. The van der Waals surface area contributed by atoms with Crippen LogP contribution >= 0.6 is 23.2 Å². The average Bonchev–Trinajstić information content (AvgIpc) is 2.83. The van der Waals surface area contributed by atoms with Crippen LogP contribution in [0.4, 0.5) is 16.2 Å². The third kappa shape index (κ3) is 5.03. The van der Waals surface area contributed by atoms with E-state index < -0.39 is 11.6 Å². The van der Waals surface area contributed by atoms with Gasteiger partial charge >= 0.3 is 6.03 Å². The summed E-state index contributed by atoms with van der Waals surface area (Å²) in [7, 11) is 0. The summed E-state index contributed by atoms with van der Waals surface area (Å²) in [5, 5.41) is 19.4. The second kappa shape index (κ2) is 9.94. The van der Waals surface area contributed by atoms with Gasteiger partial charge in [-0.05, 0) is 42.3 Å². The molecule has 2 amide bonds. The number of carbonyl (C=O) groups excluding carboxylic acids is 1. The molecule has 0 radical (unpaired) electrons. The number of pyridine rings is 1. The minimum absolute atomic E-state index is 0.0423. The van der Waals surface area contributed by atoms with Crippen molar-refractivity contribution in [1.29, 1.82) is 0 Å². The third-order valence-corrected chi connectivity index (χ3v) is 5.55. The fourth-order valence-electron chi connectivity index (χ4n) is 3.30. The zero-order chi connectivity index (χ0) is 24.2. The SMILES string of the molecule is CCn1nc(-c2cccc(-c3ccc(O)cc3)c2)cc(NC(=O)Nc2c(Cl)cncc2Cl)c1=O. The van der Waals surface area contributed by atoms with Crippen molar-refractivity contribution in [3.05, 3.63) is 87.4 Å². The minimum atomic E-state index is -0.690. The molecular formula is C24H19Cl2N5O3. The zero-order valence-corrected chi connectivity index (χ0v) is 19.4. The number of nitrogens with one attached hydrogen (secondary N) is 2. The van der Waals surface area contributed by atoms with Gasteiger partial charge in [-0.2, -0.15) is 5.10 Å². The molecule has 3 N–H and O–H groups in total. The number of carbonyl (C=O) groups is 1. The van der Waals surface area contributed by atoms with Gasteiger partial charge in [0.1, 0.15) is 11.4 Å². The van der Waals surface area contributed by atoms with Crippen molar-refractivity contribution in [2.75, 3.05) is 10.6 Å². The molecule has 8 nitrogen and oxygen atoms in total. The van der Waals surface area contributed by atoms with E-state index in [4.69, 9.17) is 23.2 Å². The maximum absolute atomic E-state index is 12.8. The van der Waals surface area contributed by atoms with Gasteiger partial charge in [-0.1, -0.05) is 53.5 Å². The molecule has 0 saturated carbocycles. The monoisotopic (exact) mass is 495 g/mol. The number of anilines is 2. The maximum atomic E-state index is 12.8. The highest BCUT2D eigenvalue weighted by Crippen LogP contribution is 2.29. The molecule has 0 aliphatic rings. The topological polar surface area (TPSA) is 109 Å². The lowest BCUT2D eigenvalue weighted by atomic mass is 10.0. The number of urea groups is 1. The number of phenolic OH excluding ortho intramolecular Hbond substituents is 1. The van der Waals surface area contributed by atoms with Crippen molar-refractivity contribution in [2.24, 2.45) is 0 Å². The molecule has 0 aliphatic heterocycles. The first-order valence-electron chi connectivity index (χ1n) is 10.2. The van der Waals surface area contributed by atoms with E-state index >= 15 is 0 Å². The smallest absolute Gasteiger partial charge is 0.323 e. The van der Waals surface area contributed by atoms with E-state index in [1.165, 1.54) is 23.1 Å². The Balaban J connectivity index is 1.67. The predicted molar refractivity (Wildman–Crippen MR) is 134 cm³/mol. The average molecular weight is 496 g/mol. The van der Waals surface area contributed by atoms with E-state index in [-0.39, 0.29) is 27.2 Å². The summed E-state index contributed by atoms with van der Waals surface area (Å²) >= 11 is 12.1. The van der Waals surface area contributed by atoms with Crippen LogP contribution in [0.2, 0.25) is 10.0 Å². The molecule has 2 heterocycles. The molecule has 0 bridgehead atoms. The lowest BCUT2D eigenvalue weighted by molar-refractivity contribution is 0.262. The largest absolute Gasteiger partial charge is 0.508 e. The van der Waals surface area contributed by atoms with E-state index in [1.807, 2.05) is 36.4 Å². The predicted octanol–water partition coefficient (Wildman–Crippen LogP) is 5.65. The molecule has 10 heteroatoms. The number of hydrogen-bond acceptors (Lipinski definition) is 5. The van der Waals surface area contributed by atoms with Gasteiger partial charge in [0.15, 0.2) is 0 Å². The first-order valence-corrected chi connectivity index (χ1v) is 11.0. The molecule has 172 valence electrons. The number of rotatable bonds is 5. The van der Waals surface area contributed by atoms with Crippen LogP contribution in [-0.4, -0.2) is 25.9 Å². The van der Waals surface area contributed by atoms with Gasteiger partial charge in [-0.15, -0.1) is 0 Å². The van der Waals surface area contributed by atoms with Crippen LogP contribution in [0.25, 0.3) is 22.4 Å². The van der Waals surface area contributed by atoms with Gasteiger partial charge in [0.2, 0.25) is 0 Å². The second-order valence-electron chi connectivity index (χ2n) is 7.25. The standard InChI is InChI=1S/C24H19Cl2N5O3/c1-2-31-23(33)21(28-24(34)29-22-18(25)12-27-13-19(22)26)11-20(30-31)16-5-3-4-15(10-16)14-6-8-17(32)9-7-14/h3-13,32H,2H2,1H3,(H2,27,28,29,34). The molecule has 0 fully saturated rings. The molecule has 0 unspecified atom stereocenters. The number of nitrogens with zero attached hydrogens (tertiary/aromatic N) is 3. The molecule has 4 aromatic rings. The first-order chi connectivity index (χ1) is 16.4. The summed E-state index contributed by atoms with van der Waals surface area (Å²) in [4.78, 5) is 29.2. The summed E-state index contributed by atoms with van der Waals surface area (Å²) < 4.78 is 1.27. The molecule has 0 saturated heterocycles. The van der Waals surface area contributed by atoms with E-state index in [9.17, 15) is 14.7 Å². The number of phenols is 1. The number of aromatic hydroxyl groups is 1. The molecule has 0 aliphatic carbocycles. The summed E-state index contributed by atoms with van der Waals surface area (Å²) in [5.74, 6) is 0.180. The Hall–Kier alpha value is -3.88. The number of halogens is 2. The number of aryl methyl sites for hydroxylation is 1.